The number of nitrogens with zero attached hydrogens (tertiary/aromatic N) is 4. The van der Waals surface area contributed by atoms with Crippen LogP contribution >= 0.6 is 34.7 Å². The van der Waals surface area contributed by atoms with Crippen molar-refractivity contribution in [3.8, 4) is 5.75 Å². The number of benzene rings is 2. The van der Waals surface area contributed by atoms with Gasteiger partial charge in [0.15, 0.2) is 4.34 Å². The van der Waals surface area contributed by atoms with Gasteiger partial charge in [0, 0.05) is 28.7 Å². The van der Waals surface area contributed by atoms with Crippen LogP contribution in [0, 0.1) is 0 Å². The fourth-order valence-corrected chi connectivity index (χ4v) is 6.15. The predicted molar refractivity (Wildman–Crippen MR) is 157 cm³/mol. The molecule has 204 valence electrons. The highest BCUT2D eigenvalue weighted by molar-refractivity contribution is 8.00. The highest BCUT2D eigenvalue weighted by atomic mass is 35.5. The Morgan fingerprint density at radius 1 is 1.10 bits per heavy atom. The Kier molecular flexibility index (Phi) is 8.78. The Hall–Kier alpha value is -3.73. The van der Waals surface area contributed by atoms with Crippen LogP contribution in [0.15, 0.2) is 83.0 Å². The van der Waals surface area contributed by atoms with E-state index in [0.717, 1.165) is 18.4 Å². The summed E-state index contributed by atoms with van der Waals surface area (Å²) < 4.78 is 6.53. The molecule has 0 saturated carbocycles. The molecule has 0 spiro atoms. The highest BCUT2D eigenvalue weighted by Gasteiger charge is 2.48. The summed E-state index contributed by atoms with van der Waals surface area (Å²) in [7, 11) is 0. The molecule has 1 N–H and O–H groups in total. The Balaban J connectivity index is 1.52. The van der Waals surface area contributed by atoms with Gasteiger partial charge in [0.25, 0.3) is 5.78 Å². The molecular weight excluding hydrogens is 568 g/mol. The second-order valence-corrected chi connectivity index (χ2v) is 11.6. The zero-order valence-electron chi connectivity index (χ0n) is 21.5. The van der Waals surface area contributed by atoms with Crippen LogP contribution in [0.25, 0.3) is 5.76 Å². The maximum absolute atomic E-state index is 13.5. The van der Waals surface area contributed by atoms with Gasteiger partial charge in [-0.15, -0.1) is 10.2 Å². The van der Waals surface area contributed by atoms with E-state index in [0.29, 0.717) is 38.6 Å². The molecule has 1 aliphatic rings. The highest BCUT2D eigenvalue weighted by Crippen LogP contribution is 2.44. The third-order valence-corrected chi connectivity index (χ3v) is 8.60. The first kappa shape index (κ1) is 27.8. The molecule has 1 unspecified atom stereocenters. The van der Waals surface area contributed by atoms with Crippen molar-refractivity contribution in [2.24, 2.45) is 0 Å². The second-order valence-electron chi connectivity index (χ2n) is 8.95. The van der Waals surface area contributed by atoms with Gasteiger partial charge < -0.3 is 9.84 Å². The molecule has 2 aromatic heterocycles. The topological polar surface area (TPSA) is 106 Å². The van der Waals surface area contributed by atoms with Crippen LogP contribution in [0.3, 0.4) is 0 Å². The van der Waals surface area contributed by atoms with Gasteiger partial charge in [-0.25, -0.2) is 0 Å². The Morgan fingerprint density at radius 2 is 1.88 bits per heavy atom. The predicted octanol–water partition coefficient (Wildman–Crippen LogP) is 6.68. The summed E-state index contributed by atoms with van der Waals surface area (Å²) in [5.74, 6) is -0.637. The number of unbranched alkanes of at least 4 members (excludes halogenated alkanes) is 1. The molecule has 1 fully saturated rings. The number of hydrogen-bond donors (Lipinski definition) is 1. The summed E-state index contributed by atoms with van der Waals surface area (Å²) in [6, 6.07) is 17.0. The number of halogens is 1. The molecule has 2 aromatic carbocycles. The Morgan fingerprint density at radius 3 is 2.62 bits per heavy atom. The van der Waals surface area contributed by atoms with Gasteiger partial charge in [-0.05, 0) is 53.9 Å². The van der Waals surface area contributed by atoms with Crippen molar-refractivity contribution < 1.29 is 19.4 Å². The summed E-state index contributed by atoms with van der Waals surface area (Å²) >= 11 is 8.66. The largest absolute Gasteiger partial charge is 0.507 e. The van der Waals surface area contributed by atoms with Crippen molar-refractivity contribution >= 4 is 57.3 Å². The summed E-state index contributed by atoms with van der Waals surface area (Å²) in [5, 5.41) is 20.7. The third-order valence-electron chi connectivity index (χ3n) is 6.22. The van der Waals surface area contributed by atoms with E-state index in [2.05, 4.69) is 22.1 Å². The first-order chi connectivity index (χ1) is 19.5. The van der Waals surface area contributed by atoms with Gasteiger partial charge in [0.1, 0.15) is 11.5 Å². The number of Topliss-reactive ketones (excluding diaryl/α,β-unsaturated/α-hetero) is 1. The lowest BCUT2D eigenvalue weighted by Crippen LogP contribution is -2.29. The Bertz CT molecular complexity index is 1540. The van der Waals surface area contributed by atoms with Crippen molar-refractivity contribution in [2.75, 3.05) is 11.5 Å². The molecule has 8 nitrogen and oxygen atoms in total. The summed E-state index contributed by atoms with van der Waals surface area (Å²) in [5.41, 5.74) is 2.01. The summed E-state index contributed by atoms with van der Waals surface area (Å²) in [6.45, 7) is 2.62. The minimum Gasteiger partial charge on any atom is -0.507 e. The van der Waals surface area contributed by atoms with Gasteiger partial charge in [-0.2, -0.15) is 0 Å². The SMILES string of the molecule is CCCCOc1cccc(C2C(=C(O)c3ccncc3)C(=O)C(=O)N2c2nnc(SCc3ccc(Cl)cc3)s2)c1. The van der Waals surface area contributed by atoms with E-state index in [9.17, 15) is 14.7 Å². The molecule has 0 bridgehead atoms. The molecule has 0 aliphatic carbocycles. The third kappa shape index (κ3) is 6.04. The minimum absolute atomic E-state index is 0.0347. The number of ether oxygens (including phenoxy) is 1. The number of carbonyl (C=O) groups is 2. The Labute approximate surface area is 244 Å². The van der Waals surface area contributed by atoms with E-state index >= 15 is 0 Å². The molecule has 11 heteroatoms. The molecule has 1 aliphatic heterocycles. The van der Waals surface area contributed by atoms with Crippen LogP contribution in [-0.2, 0) is 15.3 Å². The number of pyridine rings is 1. The van der Waals surface area contributed by atoms with Gasteiger partial charge in [-0.3, -0.25) is 19.5 Å². The molecule has 1 atom stereocenters. The quantitative estimate of drug-likeness (QED) is 0.0542. The monoisotopic (exact) mass is 592 g/mol. The molecule has 5 rings (SSSR count). The first-order valence-electron chi connectivity index (χ1n) is 12.6. The van der Waals surface area contributed by atoms with E-state index in [1.54, 1.807) is 30.3 Å². The fraction of sp³-hybridized carbons (Fsp3) is 0.207. The molecule has 0 radical (unpaired) electrons. The number of amides is 1. The maximum atomic E-state index is 13.5. The van der Waals surface area contributed by atoms with Crippen LogP contribution in [0.2, 0.25) is 5.02 Å². The molecular formula is C29H25ClN4O4S2. The fourth-order valence-electron chi connectivity index (χ4n) is 4.20. The number of aliphatic hydroxyl groups is 1. The van der Waals surface area contributed by atoms with E-state index < -0.39 is 17.7 Å². The number of anilines is 1. The van der Waals surface area contributed by atoms with Gasteiger partial charge in [0.05, 0.1) is 18.2 Å². The molecule has 1 saturated heterocycles. The first-order valence-corrected chi connectivity index (χ1v) is 14.8. The van der Waals surface area contributed by atoms with E-state index in [1.807, 2.05) is 30.3 Å². The van der Waals surface area contributed by atoms with Crippen molar-refractivity contribution in [2.45, 2.75) is 35.9 Å². The van der Waals surface area contributed by atoms with Gasteiger partial charge in [-0.1, -0.05) is 72.3 Å². The lowest BCUT2D eigenvalue weighted by molar-refractivity contribution is -0.132. The zero-order valence-corrected chi connectivity index (χ0v) is 23.9. The molecule has 4 aromatic rings. The van der Waals surface area contributed by atoms with E-state index in [1.165, 1.54) is 40.4 Å². The molecule has 40 heavy (non-hydrogen) atoms. The number of aliphatic hydroxyl groups excluding tert-OH is 1. The molecule has 3 heterocycles. The van der Waals surface area contributed by atoms with Crippen molar-refractivity contribution in [1.82, 2.24) is 15.2 Å². The number of carbonyl (C=O) groups excluding carboxylic acids is 2. The zero-order chi connectivity index (χ0) is 28.1. The van der Waals surface area contributed by atoms with E-state index in [4.69, 9.17) is 16.3 Å². The normalized spacial score (nSPS) is 16.4. The van der Waals surface area contributed by atoms with Crippen LogP contribution in [0.4, 0.5) is 5.13 Å². The summed E-state index contributed by atoms with van der Waals surface area (Å²) in [6.07, 6.45) is 4.90. The van der Waals surface area contributed by atoms with Crippen LogP contribution < -0.4 is 9.64 Å². The standard InChI is InChI=1S/C29H25ClN4O4S2/c1-2-3-15-38-22-6-4-5-20(16-22)24-23(25(35)19-11-13-31-14-12-19)26(36)27(37)34(24)28-32-33-29(40-28)39-17-18-7-9-21(30)10-8-18/h4-14,16,24,35H,2-3,15,17H2,1H3. The smallest absolute Gasteiger partial charge is 0.301 e. The van der Waals surface area contributed by atoms with Gasteiger partial charge in [0.2, 0.25) is 5.13 Å². The van der Waals surface area contributed by atoms with Crippen molar-refractivity contribution in [3.63, 3.8) is 0 Å². The number of rotatable bonds is 10. The summed E-state index contributed by atoms with van der Waals surface area (Å²) in [4.78, 5) is 32.2. The van der Waals surface area contributed by atoms with E-state index in [-0.39, 0.29) is 16.5 Å². The second kappa shape index (κ2) is 12.6. The number of hydrogen-bond acceptors (Lipinski definition) is 9. The lowest BCUT2D eigenvalue weighted by atomic mass is 9.95. The van der Waals surface area contributed by atoms with Crippen molar-refractivity contribution in [3.05, 3.63) is 100 Å². The van der Waals surface area contributed by atoms with Crippen LogP contribution in [0.1, 0.15) is 42.5 Å². The average molecular weight is 593 g/mol. The van der Waals surface area contributed by atoms with Crippen LogP contribution in [0.5, 0.6) is 5.75 Å². The number of thioether (sulfide) groups is 1. The maximum Gasteiger partial charge on any atom is 0.301 e. The number of ketones is 1. The minimum atomic E-state index is -0.926. The average Bonchev–Trinajstić information content (AvgIpc) is 3.55. The van der Waals surface area contributed by atoms with Crippen molar-refractivity contribution in [1.29, 1.82) is 0 Å². The molecule has 1 amide bonds. The number of aromatic nitrogens is 3. The lowest BCUT2D eigenvalue weighted by Gasteiger charge is -2.23. The van der Waals surface area contributed by atoms with Gasteiger partial charge >= 0.3 is 5.91 Å². The van der Waals surface area contributed by atoms with Crippen LogP contribution in [-0.4, -0.2) is 38.6 Å².